The summed E-state index contributed by atoms with van der Waals surface area (Å²) in [7, 11) is 1.91. The van der Waals surface area contributed by atoms with Crippen LogP contribution < -0.4 is 10.1 Å². The zero-order chi connectivity index (χ0) is 13.4. The van der Waals surface area contributed by atoms with Gasteiger partial charge in [-0.05, 0) is 12.1 Å². The van der Waals surface area contributed by atoms with E-state index in [4.69, 9.17) is 9.84 Å². The van der Waals surface area contributed by atoms with Gasteiger partial charge >= 0.3 is 6.09 Å². The van der Waals surface area contributed by atoms with Crippen molar-refractivity contribution in [2.24, 2.45) is 7.05 Å². The maximum atomic E-state index is 10.5. The van der Waals surface area contributed by atoms with E-state index < -0.39 is 6.09 Å². The van der Waals surface area contributed by atoms with Gasteiger partial charge in [0.15, 0.2) is 0 Å². The molecule has 1 heterocycles. The van der Waals surface area contributed by atoms with Gasteiger partial charge in [0, 0.05) is 25.9 Å². The molecular formula is C13H15N3O3. The van der Waals surface area contributed by atoms with E-state index in [0.717, 1.165) is 11.0 Å². The van der Waals surface area contributed by atoms with E-state index in [1.165, 1.54) is 0 Å². The lowest BCUT2D eigenvalue weighted by atomic mass is 9.89. The van der Waals surface area contributed by atoms with Gasteiger partial charge in [-0.1, -0.05) is 12.1 Å². The highest BCUT2D eigenvalue weighted by molar-refractivity contribution is 5.76. The summed E-state index contributed by atoms with van der Waals surface area (Å²) in [6.45, 7) is 0. The van der Waals surface area contributed by atoms with E-state index in [-0.39, 0.29) is 12.1 Å². The predicted octanol–water partition coefficient (Wildman–Crippen LogP) is 1.75. The molecule has 1 aromatic carbocycles. The van der Waals surface area contributed by atoms with Crippen LogP contribution in [0.1, 0.15) is 12.8 Å². The molecule has 3 rings (SSSR count). The number of hydrogen-bond acceptors (Lipinski definition) is 3. The number of aryl methyl sites for hydroxylation is 1. The molecule has 0 bridgehead atoms. The van der Waals surface area contributed by atoms with E-state index in [1.54, 1.807) is 0 Å². The molecule has 1 aliphatic carbocycles. The number of carboxylic acid groups (broad SMARTS) is 1. The van der Waals surface area contributed by atoms with Crippen LogP contribution in [0.15, 0.2) is 24.3 Å². The van der Waals surface area contributed by atoms with Crippen LogP contribution in [0.3, 0.4) is 0 Å². The standard InChI is InChI=1S/C13H15N3O3/c1-16-11-5-3-2-4-10(11)15-12(16)19-9-6-8(7-9)14-13(17)18/h2-5,8-9,14H,6-7H2,1H3,(H,17,18). The topological polar surface area (TPSA) is 76.4 Å². The van der Waals surface area contributed by atoms with Gasteiger partial charge in [-0.15, -0.1) is 0 Å². The average Bonchev–Trinajstić information content (AvgIpc) is 2.64. The molecule has 0 aliphatic heterocycles. The Labute approximate surface area is 110 Å². The van der Waals surface area contributed by atoms with Crippen molar-refractivity contribution >= 4 is 17.1 Å². The summed E-state index contributed by atoms with van der Waals surface area (Å²) in [5, 5.41) is 11.0. The van der Waals surface area contributed by atoms with Gasteiger partial charge in [0.2, 0.25) is 0 Å². The Hall–Kier alpha value is -2.24. The highest BCUT2D eigenvalue weighted by Crippen LogP contribution is 2.27. The van der Waals surface area contributed by atoms with Crippen molar-refractivity contribution in [3.05, 3.63) is 24.3 Å². The third-order valence-electron chi connectivity index (χ3n) is 3.44. The number of para-hydroxylation sites is 2. The second-order valence-electron chi connectivity index (χ2n) is 4.80. The molecule has 19 heavy (non-hydrogen) atoms. The number of ether oxygens (including phenoxy) is 1. The zero-order valence-corrected chi connectivity index (χ0v) is 10.5. The van der Waals surface area contributed by atoms with Crippen LogP contribution in [-0.2, 0) is 7.05 Å². The average molecular weight is 261 g/mol. The van der Waals surface area contributed by atoms with Crippen LogP contribution in [0.4, 0.5) is 4.79 Å². The minimum absolute atomic E-state index is 0.00261. The lowest BCUT2D eigenvalue weighted by Gasteiger charge is -2.34. The molecule has 1 saturated carbocycles. The smallest absolute Gasteiger partial charge is 0.404 e. The number of aromatic nitrogens is 2. The summed E-state index contributed by atoms with van der Waals surface area (Å²) in [5.41, 5.74) is 1.93. The van der Waals surface area contributed by atoms with E-state index in [0.29, 0.717) is 18.9 Å². The Kier molecular flexibility index (Phi) is 2.77. The first-order valence-corrected chi connectivity index (χ1v) is 6.21. The maximum absolute atomic E-state index is 10.5. The second-order valence-corrected chi connectivity index (χ2v) is 4.80. The number of nitrogens with one attached hydrogen (secondary N) is 1. The molecule has 0 unspecified atom stereocenters. The number of imidazole rings is 1. The van der Waals surface area contributed by atoms with E-state index in [1.807, 2.05) is 35.9 Å². The van der Waals surface area contributed by atoms with Crippen LogP contribution in [0, 0.1) is 0 Å². The molecule has 1 fully saturated rings. The molecule has 1 amide bonds. The minimum atomic E-state index is -0.980. The summed E-state index contributed by atoms with van der Waals surface area (Å²) in [4.78, 5) is 14.9. The molecule has 6 heteroatoms. The molecule has 0 spiro atoms. The first-order valence-electron chi connectivity index (χ1n) is 6.21. The van der Waals surface area contributed by atoms with Crippen molar-refractivity contribution in [1.29, 1.82) is 0 Å². The highest BCUT2D eigenvalue weighted by atomic mass is 16.5. The summed E-state index contributed by atoms with van der Waals surface area (Å²) < 4.78 is 7.71. The molecule has 6 nitrogen and oxygen atoms in total. The van der Waals surface area contributed by atoms with Crippen molar-refractivity contribution in [2.45, 2.75) is 25.0 Å². The number of carbonyl (C=O) groups is 1. The Morgan fingerprint density at radius 3 is 2.89 bits per heavy atom. The molecule has 1 aliphatic rings. The van der Waals surface area contributed by atoms with E-state index in [2.05, 4.69) is 10.3 Å². The number of rotatable bonds is 3. The molecule has 1 aromatic heterocycles. The predicted molar refractivity (Wildman–Crippen MR) is 69.3 cm³/mol. The van der Waals surface area contributed by atoms with Crippen LogP contribution in [0.25, 0.3) is 11.0 Å². The molecule has 0 radical (unpaired) electrons. The summed E-state index contributed by atoms with van der Waals surface area (Å²) in [5.74, 6) is 0. The van der Waals surface area contributed by atoms with E-state index >= 15 is 0 Å². The second kappa shape index (κ2) is 4.46. The normalized spacial score (nSPS) is 21.9. The van der Waals surface area contributed by atoms with Gasteiger partial charge in [0.05, 0.1) is 11.0 Å². The monoisotopic (exact) mass is 261 g/mol. The summed E-state index contributed by atoms with van der Waals surface area (Å²) in [6.07, 6.45) is 0.434. The van der Waals surface area contributed by atoms with Crippen LogP contribution >= 0.6 is 0 Å². The molecule has 0 atom stereocenters. The van der Waals surface area contributed by atoms with Crippen LogP contribution in [0.2, 0.25) is 0 Å². The van der Waals surface area contributed by atoms with Crippen molar-refractivity contribution < 1.29 is 14.6 Å². The van der Waals surface area contributed by atoms with Gasteiger partial charge in [0.1, 0.15) is 6.10 Å². The molecule has 2 aromatic rings. The van der Waals surface area contributed by atoms with Gasteiger partial charge in [-0.2, -0.15) is 4.98 Å². The van der Waals surface area contributed by atoms with Crippen molar-refractivity contribution in [2.75, 3.05) is 0 Å². The van der Waals surface area contributed by atoms with Gasteiger partial charge in [0.25, 0.3) is 6.01 Å². The third-order valence-corrected chi connectivity index (χ3v) is 3.44. The number of amides is 1. The first-order chi connectivity index (χ1) is 9.13. The number of benzene rings is 1. The molecular weight excluding hydrogens is 246 g/mol. The third kappa shape index (κ3) is 2.21. The Morgan fingerprint density at radius 1 is 1.47 bits per heavy atom. The number of fused-ring (bicyclic) bond motifs is 1. The molecule has 0 saturated heterocycles. The lowest BCUT2D eigenvalue weighted by molar-refractivity contribution is 0.0726. The van der Waals surface area contributed by atoms with Crippen molar-refractivity contribution in [3.8, 4) is 6.01 Å². The van der Waals surface area contributed by atoms with Gasteiger partial charge in [-0.3, -0.25) is 4.57 Å². The lowest BCUT2D eigenvalue weighted by Crippen LogP contribution is -2.48. The largest absolute Gasteiger partial charge is 0.465 e. The van der Waals surface area contributed by atoms with Crippen molar-refractivity contribution in [1.82, 2.24) is 14.9 Å². The fraction of sp³-hybridized carbons (Fsp3) is 0.385. The fourth-order valence-corrected chi connectivity index (χ4v) is 2.33. The zero-order valence-electron chi connectivity index (χ0n) is 10.5. The quantitative estimate of drug-likeness (QED) is 0.882. The Morgan fingerprint density at radius 2 is 2.21 bits per heavy atom. The molecule has 100 valence electrons. The Balaban J connectivity index is 1.67. The van der Waals surface area contributed by atoms with Crippen LogP contribution in [0.5, 0.6) is 6.01 Å². The van der Waals surface area contributed by atoms with E-state index in [9.17, 15) is 4.79 Å². The first kappa shape index (κ1) is 11.8. The Bertz CT molecular complexity index is 617. The summed E-state index contributed by atoms with van der Waals surface area (Å²) in [6, 6.07) is 8.42. The van der Waals surface area contributed by atoms with Gasteiger partial charge < -0.3 is 15.2 Å². The maximum Gasteiger partial charge on any atom is 0.404 e. The number of hydrogen-bond donors (Lipinski definition) is 2. The number of nitrogens with zero attached hydrogens (tertiary/aromatic N) is 2. The fourth-order valence-electron chi connectivity index (χ4n) is 2.33. The van der Waals surface area contributed by atoms with Crippen molar-refractivity contribution in [3.63, 3.8) is 0 Å². The molecule has 2 N–H and O–H groups in total. The van der Waals surface area contributed by atoms with Crippen LogP contribution in [-0.4, -0.2) is 32.9 Å². The summed E-state index contributed by atoms with van der Waals surface area (Å²) >= 11 is 0. The highest BCUT2D eigenvalue weighted by Gasteiger charge is 2.33. The van der Waals surface area contributed by atoms with Gasteiger partial charge in [-0.25, -0.2) is 4.79 Å². The minimum Gasteiger partial charge on any atom is -0.465 e. The SMILES string of the molecule is Cn1c(OC2CC(NC(=O)O)C2)nc2ccccc21.